The van der Waals surface area contributed by atoms with E-state index in [-0.39, 0.29) is 24.2 Å². The van der Waals surface area contributed by atoms with E-state index in [0.29, 0.717) is 30.2 Å². The molecule has 1 aromatic carbocycles. The van der Waals surface area contributed by atoms with Gasteiger partial charge in [0.25, 0.3) is 0 Å². The molecule has 0 saturated carbocycles. The average Bonchev–Trinajstić information content (AvgIpc) is 3.03. The summed E-state index contributed by atoms with van der Waals surface area (Å²) in [5, 5.41) is 0. The highest BCUT2D eigenvalue weighted by atomic mass is 16.5. The monoisotopic (exact) mass is 417 g/mol. The largest absolute Gasteiger partial charge is 0.497 e. The van der Waals surface area contributed by atoms with Crippen molar-refractivity contribution in [1.82, 2.24) is 4.98 Å². The van der Waals surface area contributed by atoms with Gasteiger partial charge in [0.05, 0.1) is 31.5 Å². The maximum absolute atomic E-state index is 12.5. The molecule has 0 saturated heterocycles. The molecule has 0 aliphatic heterocycles. The zero-order chi connectivity index (χ0) is 22.1. The van der Waals surface area contributed by atoms with Crippen LogP contribution in [0.25, 0.3) is 0 Å². The Labute approximate surface area is 175 Å². The van der Waals surface area contributed by atoms with Gasteiger partial charge in [-0.25, -0.2) is 4.79 Å². The van der Waals surface area contributed by atoms with Crippen LogP contribution in [0.5, 0.6) is 11.5 Å². The molecule has 0 atom stereocenters. The summed E-state index contributed by atoms with van der Waals surface area (Å²) in [6.45, 7) is 5.14. The number of aromatic amines is 1. The van der Waals surface area contributed by atoms with E-state index in [4.69, 9.17) is 18.9 Å². The number of aromatic nitrogens is 1. The second-order valence-electron chi connectivity index (χ2n) is 6.56. The lowest BCUT2D eigenvalue weighted by Gasteiger charge is -2.08. The summed E-state index contributed by atoms with van der Waals surface area (Å²) in [7, 11) is 1.59. The second-order valence-corrected chi connectivity index (χ2v) is 6.56. The highest BCUT2D eigenvalue weighted by molar-refractivity contribution is 6.09. The standard InChI is InChI=1S/C22H27NO7/c1-5-28-22(26)21-15(3)23-14(2)20(21)18(24)13-30-19(25)7-6-12-29-17-10-8-16(27-4)9-11-17/h8-11,23H,5-7,12-13H2,1-4H3. The molecule has 30 heavy (non-hydrogen) atoms. The van der Waals surface area contributed by atoms with Gasteiger partial charge >= 0.3 is 11.9 Å². The number of benzene rings is 1. The number of Topliss-reactive ketones (excluding diaryl/α,β-unsaturated/α-hetero) is 1. The highest BCUT2D eigenvalue weighted by Crippen LogP contribution is 2.21. The van der Waals surface area contributed by atoms with Gasteiger partial charge in [-0.3, -0.25) is 9.59 Å². The molecule has 0 amide bonds. The van der Waals surface area contributed by atoms with Crippen molar-refractivity contribution in [3.63, 3.8) is 0 Å². The number of hydrogen-bond acceptors (Lipinski definition) is 7. The fraction of sp³-hybridized carbons (Fsp3) is 0.409. The van der Waals surface area contributed by atoms with Crippen molar-refractivity contribution in [3.8, 4) is 11.5 Å². The average molecular weight is 417 g/mol. The van der Waals surface area contributed by atoms with Crippen molar-refractivity contribution in [3.05, 3.63) is 46.8 Å². The van der Waals surface area contributed by atoms with Crippen molar-refractivity contribution in [2.45, 2.75) is 33.6 Å². The zero-order valence-electron chi connectivity index (χ0n) is 17.7. The minimum absolute atomic E-state index is 0.110. The van der Waals surface area contributed by atoms with Crippen LogP contribution in [0.15, 0.2) is 24.3 Å². The van der Waals surface area contributed by atoms with Gasteiger partial charge in [0.1, 0.15) is 11.5 Å². The Bertz CT molecular complexity index is 884. The smallest absolute Gasteiger partial charge is 0.340 e. The van der Waals surface area contributed by atoms with E-state index >= 15 is 0 Å². The summed E-state index contributed by atoms with van der Waals surface area (Å²) in [5.41, 5.74) is 1.45. The Hall–Kier alpha value is -3.29. The minimum Gasteiger partial charge on any atom is -0.497 e. The number of ketones is 1. The molecule has 0 unspecified atom stereocenters. The van der Waals surface area contributed by atoms with Crippen LogP contribution < -0.4 is 9.47 Å². The molecule has 0 aliphatic rings. The third kappa shape index (κ3) is 6.10. The molecule has 2 rings (SSSR count). The van der Waals surface area contributed by atoms with Crippen molar-refractivity contribution in [2.75, 3.05) is 26.9 Å². The van der Waals surface area contributed by atoms with E-state index < -0.39 is 24.3 Å². The first kappa shape index (κ1) is 23.0. The minimum atomic E-state index is -0.579. The molecule has 0 bridgehead atoms. The van der Waals surface area contributed by atoms with Gasteiger partial charge in [-0.05, 0) is 51.5 Å². The van der Waals surface area contributed by atoms with Gasteiger partial charge in [-0.15, -0.1) is 0 Å². The molecular formula is C22H27NO7. The van der Waals surface area contributed by atoms with Crippen LogP contribution in [-0.2, 0) is 14.3 Å². The first-order chi connectivity index (χ1) is 14.4. The van der Waals surface area contributed by atoms with Crippen LogP contribution in [0.1, 0.15) is 51.9 Å². The number of nitrogens with one attached hydrogen (secondary N) is 1. The molecule has 8 heteroatoms. The first-order valence-corrected chi connectivity index (χ1v) is 9.69. The fourth-order valence-electron chi connectivity index (χ4n) is 2.96. The third-order valence-corrected chi connectivity index (χ3v) is 4.35. The lowest BCUT2D eigenvalue weighted by molar-refractivity contribution is -0.142. The topological polar surface area (TPSA) is 104 Å². The summed E-state index contributed by atoms with van der Waals surface area (Å²) >= 11 is 0. The molecule has 0 aliphatic carbocycles. The van der Waals surface area contributed by atoms with Crippen LogP contribution >= 0.6 is 0 Å². The summed E-state index contributed by atoms with van der Waals surface area (Å²) < 4.78 is 20.7. The number of carbonyl (C=O) groups excluding carboxylic acids is 3. The molecule has 1 N–H and O–H groups in total. The summed E-state index contributed by atoms with van der Waals surface area (Å²) in [4.78, 5) is 39.6. The van der Waals surface area contributed by atoms with Crippen molar-refractivity contribution < 1.29 is 33.3 Å². The molecule has 0 fully saturated rings. The van der Waals surface area contributed by atoms with Crippen molar-refractivity contribution in [2.24, 2.45) is 0 Å². The van der Waals surface area contributed by atoms with E-state index in [9.17, 15) is 14.4 Å². The lowest BCUT2D eigenvalue weighted by atomic mass is 10.1. The highest BCUT2D eigenvalue weighted by Gasteiger charge is 2.25. The number of hydrogen-bond donors (Lipinski definition) is 1. The predicted molar refractivity (Wildman–Crippen MR) is 109 cm³/mol. The van der Waals surface area contributed by atoms with Crippen LogP contribution in [0.2, 0.25) is 0 Å². The molecule has 2 aromatic rings. The van der Waals surface area contributed by atoms with Gasteiger partial charge in [0.2, 0.25) is 5.78 Å². The van der Waals surface area contributed by atoms with Gasteiger partial charge in [0.15, 0.2) is 6.61 Å². The fourth-order valence-corrected chi connectivity index (χ4v) is 2.96. The molecule has 8 nitrogen and oxygen atoms in total. The first-order valence-electron chi connectivity index (χ1n) is 9.69. The van der Waals surface area contributed by atoms with E-state index in [2.05, 4.69) is 4.98 Å². The summed E-state index contributed by atoms with van der Waals surface area (Å²) in [6.07, 6.45) is 0.550. The summed E-state index contributed by atoms with van der Waals surface area (Å²) in [6, 6.07) is 7.12. The lowest BCUT2D eigenvalue weighted by Crippen LogP contribution is -2.18. The quantitative estimate of drug-likeness (QED) is 0.339. The van der Waals surface area contributed by atoms with Crippen molar-refractivity contribution in [1.29, 1.82) is 0 Å². The maximum Gasteiger partial charge on any atom is 0.340 e. The van der Waals surface area contributed by atoms with E-state index in [0.717, 1.165) is 5.75 Å². The molecule has 1 heterocycles. The third-order valence-electron chi connectivity index (χ3n) is 4.35. The molecule has 1 aromatic heterocycles. The number of methoxy groups -OCH3 is 1. The van der Waals surface area contributed by atoms with E-state index in [1.54, 1.807) is 52.1 Å². The molecule has 0 spiro atoms. The van der Waals surface area contributed by atoms with Gasteiger partial charge in [-0.2, -0.15) is 0 Å². The number of rotatable bonds is 11. The predicted octanol–water partition coefficient (Wildman–Crippen LogP) is 3.40. The van der Waals surface area contributed by atoms with Gasteiger partial charge in [-0.1, -0.05) is 0 Å². The van der Waals surface area contributed by atoms with Crippen LogP contribution in [0.4, 0.5) is 0 Å². The molecule has 0 radical (unpaired) electrons. The number of esters is 2. The van der Waals surface area contributed by atoms with Gasteiger partial charge < -0.3 is 23.9 Å². The van der Waals surface area contributed by atoms with E-state index in [1.807, 2.05) is 0 Å². The normalized spacial score (nSPS) is 10.4. The van der Waals surface area contributed by atoms with Crippen LogP contribution in [0, 0.1) is 13.8 Å². The molecule has 162 valence electrons. The maximum atomic E-state index is 12.5. The Morgan fingerprint density at radius 1 is 0.933 bits per heavy atom. The zero-order valence-corrected chi connectivity index (χ0v) is 17.7. The second kappa shape index (κ2) is 11.0. The summed E-state index contributed by atoms with van der Waals surface area (Å²) in [5.74, 6) is -0.143. The number of ether oxygens (including phenoxy) is 4. The Morgan fingerprint density at radius 3 is 2.20 bits per heavy atom. The number of aryl methyl sites for hydroxylation is 2. The Kier molecular flexibility index (Phi) is 8.46. The Balaban J connectivity index is 1.80. The van der Waals surface area contributed by atoms with E-state index in [1.165, 1.54) is 0 Å². The van der Waals surface area contributed by atoms with Gasteiger partial charge in [0, 0.05) is 17.8 Å². The van der Waals surface area contributed by atoms with Crippen LogP contribution in [-0.4, -0.2) is 49.6 Å². The SMILES string of the molecule is CCOC(=O)c1c(C)[nH]c(C)c1C(=O)COC(=O)CCCOc1ccc(OC)cc1. The van der Waals surface area contributed by atoms with Crippen molar-refractivity contribution >= 4 is 17.7 Å². The number of carbonyl (C=O) groups is 3. The molecular weight excluding hydrogens is 390 g/mol. The Morgan fingerprint density at radius 2 is 1.57 bits per heavy atom. The number of H-pyrrole nitrogens is 1. The van der Waals surface area contributed by atoms with Crippen LogP contribution in [0.3, 0.4) is 0 Å².